The number of fused-ring (bicyclic) bond motifs is 1. The largest absolute Gasteiger partial charge is 0.399 e. The highest BCUT2D eigenvalue weighted by Crippen LogP contribution is 2.29. The molecule has 1 saturated heterocycles. The number of benzene rings is 1. The summed E-state index contributed by atoms with van der Waals surface area (Å²) in [4.78, 5) is 16.5. The van der Waals surface area contributed by atoms with Gasteiger partial charge in [-0.25, -0.2) is 4.98 Å². The van der Waals surface area contributed by atoms with Crippen molar-refractivity contribution in [3.05, 3.63) is 18.2 Å². The first kappa shape index (κ1) is 12.4. The molecule has 1 aliphatic heterocycles. The van der Waals surface area contributed by atoms with E-state index in [-0.39, 0.29) is 17.9 Å². The Balaban J connectivity index is 1.79. The van der Waals surface area contributed by atoms with Gasteiger partial charge >= 0.3 is 0 Å². The molecule has 2 atom stereocenters. The minimum Gasteiger partial charge on any atom is -0.399 e. The first-order valence-corrected chi connectivity index (χ1v) is 7.03. The molecule has 1 amide bonds. The average molecular weight is 277 g/mol. The summed E-state index contributed by atoms with van der Waals surface area (Å²) >= 11 is 1.44. The fourth-order valence-electron chi connectivity index (χ4n) is 2.27. The summed E-state index contributed by atoms with van der Waals surface area (Å²) in [6.07, 6.45) is 0.746. The van der Waals surface area contributed by atoms with Crippen molar-refractivity contribution in [3.63, 3.8) is 0 Å². The van der Waals surface area contributed by atoms with Crippen LogP contribution in [0.15, 0.2) is 18.2 Å². The van der Waals surface area contributed by atoms with Gasteiger partial charge in [0.1, 0.15) is 0 Å². The molecule has 0 bridgehead atoms. The second kappa shape index (κ2) is 4.79. The molecule has 6 heteroatoms. The molecule has 5 nitrogen and oxygen atoms in total. The first-order valence-electron chi connectivity index (χ1n) is 6.22. The van der Waals surface area contributed by atoms with Gasteiger partial charge in [-0.05, 0) is 31.5 Å². The van der Waals surface area contributed by atoms with Gasteiger partial charge in [0.15, 0.2) is 5.13 Å². The molecule has 0 saturated carbocycles. The van der Waals surface area contributed by atoms with Crippen LogP contribution in [0.25, 0.3) is 10.2 Å². The minimum atomic E-state index is -0.0860. The SMILES string of the molecule is CC1OCCC1C(=O)Nc1nc2ccc(N)cc2s1. The van der Waals surface area contributed by atoms with E-state index in [0.29, 0.717) is 17.4 Å². The van der Waals surface area contributed by atoms with Gasteiger partial charge < -0.3 is 15.8 Å². The number of anilines is 2. The summed E-state index contributed by atoms with van der Waals surface area (Å²) in [6.45, 7) is 2.58. The van der Waals surface area contributed by atoms with Gasteiger partial charge in [-0.1, -0.05) is 11.3 Å². The Morgan fingerprint density at radius 1 is 1.58 bits per heavy atom. The molecule has 2 unspecified atom stereocenters. The van der Waals surface area contributed by atoms with Crippen molar-refractivity contribution >= 4 is 38.3 Å². The summed E-state index contributed by atoms with van der Waals surface area (Å²) < 4.78 is 6.38. The van der Waals surface area contributed by atoms with Crippen molar-refractivity contribution in [1.82, 2.24) is 4.98 Å². The third-order valence-electron chi connectivity index (χ3n) is 3.36. The number of rotatable bonds is 2. The van der Waals surface area contributed by atoms with Crippen LogP contribution >= 0.6 is 11.3 Å². The van der Waals surface area contributed by atoms with Crippen LogP contribution < -0.4 is 11.1 Å². The lowest BCUT2D eigenvalue weighted by Gasteiger charge is -2.12. The number of nitrogen functional groups attached to an aromatic ring is 1. The van der Waals surface area contributed by atoms with Crippen LogP contribution in [0.4, 0.5) is 10.8 Å². The maximum absolute atomic E-state index is 12.1. The minimum absolute atomic E-state index is 0.0166. The first-order chi connectivity index (χ1) is 9.13. The van der Waals surface area contributed by atoms with Crippen molar-refractivity contribution < 1.29 is 9.53 Å². The van der Waals surface area contributed by atoms with Crippen molar-refractivity contribution in [2.24, 2.45) is 5.92 Å². The van der Waals surface area contributed by atoms with Crippen LogP contribution in [0, 0.1) is 5.92 Å². The molecule has 1 aromatic heterocycles. The summed E-state index contributed by atoms with van der Waals surface area (Å²) in [5, 5.41) is 3.49. The lowest BCUT2D eigenvalue weighted by Crippen LogP contribution is -2.27. The molecule has 3 N–H and O–H groups in total. The van der Waals surface area contributed by atoms with Crippen molar-refractivity contribution in [3.8, 4) is 0 Å². The number of nitrogens with one attached hydrogen (secondary N) is 1. The monoisotopic (exact) mass is 277 g/mol. The van der Waals surface area contributed by atoms with E-state index in [1.165, 1.54) is 11.3 Å². The maximum atomic E-state index is 12.1. The molecule has 2 aromatic rings. The number of carbonyl (C=O) groups is 1. The van der Waals surface area contributed by atoms with Crippen LogP contribution in [0.1, 0.15) is 13.3 Å². The number of thiazole rings is 1. The van der Waals surface area contributed by atoms with Gasteiger partial charge in [0.2, 0.25) is 5.91 Å². The van der Waals surface area contributed by atoms with Gasteiger partial charge in [0.25, 0.3) is 0 Å². The average Bonchev–Trinajstić information content (AvgIpc) is 2.94. The van der Waals surface area contributed by atoms with Gasteiger partial charge in [-0.15, -0.1) is 0 Å². The van der Waals surface area contributed by atoms with E-state index in [1.807, 2.05) is 19.1 Å². The third kappa shape index (κ3) is 2.41. The Bertz CT molecular complexity index is 625. The van der Waals surface area contributed by atoms with E-state index in [2.05, 4.69) is 10.3 Å². The van der Waals surface area contributed by atoms with E-state index in [4.69, 9.17) is 10.5 Å². The molecule has 1 fully saturated rings. The Hall–Kier alpha value is -1.66. The van der Waals surface area contributed by atoms with Crippen LogP contribution in [0.2, 0.25) is 0 Å². The topological polar surface area (TPSA) is 77.2 Å². The van der Waals surface area contributed by atoms with Gasteiger partial charge in [-0.3, -0.25) is 4.79 Å². The summed E-state index contributed by atoms with van der Waals surface area (Å²) in [5.74, 6) is -0.103. The number of nitrogens with two attached hydrogens (primary N) is 1. The highest BCUT2D eigenvalue weighted by atomic mass is 32.1. The number of amides is 1. The quantitative estimate of drug-likeness (QED) is 0.825. The lowest BCUT2D eigenvalue weighted by atomic mass is 10.0. The number of carbonyl (C=O) groups excluding carboxylic acids is 1. The molecule has 0 radical (unpaired) electrons. The number of ether oxygens (including phenoxy) is 1. The van der Waals surface area contributed by atoms with E-state index in [0.717, 1.165) is 16.6 Å². The van der Waals surface area contributed by atoms with E-state index < -0.39 is 0 Å². The standard InChI is InChI=1S/C13H15N3O2S/c1-7-9(4-5-18-7)12(17)16-13-15-10-3-2-8(14)6-11(10)19-13/h2-3,6-7,9H,4-5,14H2,1H3,(H,15,16,17). The summed E-state index contributed by atoms with van der Waals surface area (Å²) in [7, 11) is 0. The second-order valence-corrected chi connectivity index (χ2v) is 5.74. The summed E-state index contributed by atoms with van der Waals surface area (Å²) in [5.41, 5.74) is 7.28. The molecule has 2 heterocycles. The molecule has 3 rings (SSSR count). The Kier molecular flexibility index (Phi) is 3.12. The molecular formula is C13H15N3O2S. The van der Waals surface area contributed by atoms with Crippen molar-refractivity contribution in [2.45, 2.75) is 19.4 Å². The molecule has 0 spiro atoms. The van der Waals surface area contributed by atoms with Crippen LogP contribution in [-0.4, -0.2) is 23.6 Å². The Morgan fingerprint density at radius 3 is 3.16 bits per heavy atom. The van der Waals surface area contributed by atoms with Crippen molar-refractivity contribution in [2.75, 3.05) is 17.7 Å². The molecular weight excluding hydrogens is 262 g/mol. The fourth-order valence-corrected chi connectivity index (χ4v) is 3.19. The van der Waals surface area contributed by atoms with E-state index in [9.17, 15) is 4.79 Å². The lowest BCUT2D eigenvalue weighted by molar-refractivity contribution is -0.121. The van der Waals surface area contributed by atoms with Crippen LogP contribution in [0.3, 0.4) is 0 Å². The van der Waals surface area contributed by atoms with Crippen LogP contribution in [0.5, 0.6) is 0 Å². The second-order valence-electron chi connectivity index (χ2n) is 4.71. The van der Waals surface area contributed by atoms with E-state index in [1.54, 1.807) is 6.07 Å². The normalized spacial score (nSPS) is 22.8. The highest BCUT2D eigenvalue weighted by Gasteiger charge is 2.31. The van der Waals surface area contributed by atoms with Gasteiger partial charge in [-0.2, -0.15) is 0 Å². The van der Waals surface area contributed by atoms with Gasteiger partial charge in [0.05, 0.1) is 22.2 Å². The van der Waals surface area contributed by atoms with Gasteiger partial charge in [0, 0.05) is 12.3 Å². The smallest absolute Gasteiger partial charge is 0.231 e. The van der Waals surface area contributed by atoms with E-state index >= 15 is 0 Å². The van der Waals surface area contributed by atoms with Crippen molar-refractivity contribution in [1.29, 1.82) is 0 Å². The Morgan fingerprint density at radius 2 is 2.42 bits per heavy atom. The Labute approximate surface area is 114 Å². The predicted octanol–water partition coefficient (Wildman–Crippen LogP) is 2.24. The third-order valence-corrected chi connectivity index (χ3v) is 4.29. The number of hydrogen-bond acceptors (Lipinski definition) is 5. The predicted molar refractivity (Wildman–Crippen MR) is 76.2 cm³/mol. The maximum Gasteiger partial charge on any atom is 0.231 e. The van der Waals surface area contributed by atoms with Crippen LogP contribution in [-0.2, 0) is 9.53 Å². The number of hydrogen-bond donors (Lipinski definition) is 2. The number of aromatic nitrogens is 1. The molecule has 100 valence electrons. The molecule has 1 aromatic carbocycles. The zero-order valence-corrected chi connectivity index (χ0v) is 11.4. The zero-order valence-electron chi connectivity index (χ0n) is 10.6. The molecule has 1 aliphatic rings. The zero-order chi connectivity index (χ0) is 13.4. The molecule has 0 aliphatic carbocycles. The summed E-state index contributed by atoms with van der Waals surface area (Å²) in [6, 6.07) is 5.53. The number of nitrogens with zero attached hydrogens (tertiary/aromatic N) is 1. The highest BCUT2D eigenvalue weighted by molar-refractivity contribution is 7.22. The molecule has 19 heavy (non-hydrogen) atoms. The fraction of sp³-hybridized carbons (Fsp3) is 0.385.